The van der Waals surface area contributed by atoms with Gasteiger partial charge in [-0.2, -0.15) is 0 Å². The number of nitrogens with zero attached hydrogens (tertiary/aromatic N) is 1. The van der Waals surface area contributed by atoms with Crippen molar-refractivity contribution in [3.8, 4) is 11.1 Å². The van der Waals surface area contributed by atoms with Crippen molar-refractivity contribution in [2.75, 3.05) is 26.7 Å². The van der Waals surface area contributed by atoms with Gasteiger partial charge in [0.15, 0.2) is 0 Å². The fourth-order valence-electron chi connectivity index (χ4n) is 5.39. The first-order chi connectivity index (χ1) is 18.9. The first kappa shape index (κ1) is 26.4. The Morgan fingerprint density at radius 3 is 2.21 bits per heavy atom. The van der Waals surface area contributed by atoms with Gasteiger partial charge in [-0.3, -0.25) is 9.69 Å². The van der Waals surface area contributed by atoms with Crippen LogP contribution in [0.2, 0.25) is 0 Å². The predicted octanol–water partition coefficient (Wildman–Crippen LogP) is 3.86. The number of rotatable bonds is 11. The summed E-state index contributed by atoms with van der Waals surface area (Å²) in [5, 5.41) is 15.1. The second-order valence-corrected chi connectivity index (χ2v) is 10.4. The average Bonchev–Trinajstić information content (AvgIpc) is 3.66. The standard InChI is InChI=1S/C31H33N3O5/c1-34(17-20-9-3-2-4-10-20)18-28(30(36)37)33-29(35)26-15-21(26)16-32-31(38)39-19-27-24-13-7-5-11-22(24)23-12-6-8-14-25(23)27/h2-14,21,26-28H,15-19H2,1H3,(H,32,38)(H,33,35)(H,36,37)/t21-,26-,28?/m0/s1. The number of carboxylic acid groups (broad SMARTS) is 1. The third-order valence-electron chi connectivity index (χ3n) is 7.52. The fourth-order valence-corrected chi connectivity index (χ4v) is 5.39. The SMILES string of the molecule is CN(Cc1ccccc1)CC(NC(=O)[C@H]1C[C@H]1CNC(=O)OCC1c2ccccc2-c2ccccc21)C(=O)O. The minimum atomic E-state index is -1.07. The molecule has 0 radical (unpaired) electrons. The number of carbonyl (C=O) groups excluding carboxylic acids is 2. The summed E-state index contributed by atoms with van der Waals surface area (Å²) in [5.74, 6) is -1.75. The van der Waals surface area contributed by atoms with E-state index < -0.39 is 18.1 Å². The van der Waals surface area contributed by atoms with Crippen LogP contribution in [0.3, 0.4) is 0 Å². The number of fused-ring (bicyclic) bond motifs is 3. The number of ether oxygens (including phenoxy) is 1. The molecule has 0 spiro atoms. The highest BCUT2D eigenvalue weighted by atomic mass is 16.5. The molecule has 1 unspecified atom stereocenters. The Morgan fingerprint density at radius 2 is 1.56 bits per heavy atom. The summed E-state index contributed by atoms with van der Waals surface area (Å²) < 4.78 is 5.57. The van der Waals surface area contributed by atoms with Crippen LogP contribution in [-0.4, -0.2) is 60.8 Å². The molecule has 0 aliphatic heterocycles. The first-order valence-electron chi connectivity index (χ1n) is 13.2. The molecule has 2 aliphatic carbocycles. The minimum Gasteiger partial charge on any atom is -0.480 e. The zero-order valence-corrected chi connectivity index (χ0v) is 21.9. The number of alkyl carbamates (subject to hydrolysis) is 1. The van der Waals surface area contributed by atoms with E-state index in [1.807, 2.05) is 66.5 Å². The van der Waals surface area contributed by atoms with Crippen LogP contribution >= 0.6 is 0 Å². The summed E-state index contributed by atoms with van der Waals surface area (Å²) in [7, 11) is 1.83. The van der Waals surface area contributed by atoms with Crippen molar-refractivity contribution in [2.24, 2.45) is 11.8 Å². The molecule has 3 atom stereocenters. The van der Waals surface area contributed by atoms with Gasteiger partial charge in [0.2, 0.25) is 5.91 Å². The topological polar surface area (TPSA) is 108 Å². The largest absolute Gasteiger partial charge is 0.480 e. The molecule has 3 aromatic rings. The van der Waals surface area contributed by atoms with Crippen LogP contribution in [0.5, 0.6) is 0 Å². The van der Waals surface area contributed by atoms with Gasteiger partial charge < -0.3 is 20.5 Å². The molecule has 2 aliphatic rings. The molecular weight excluding hydrogens is 494 g/mol. The van der Waals surface area contributed by atoms with Crippen LogP contribution in [0.15, 0.2) is 78.9 Å². The number of likely N-dealkylation sites (N-methyl/N-ethyl adjacent to an activating group) is 1. The Morgan fingerprint density at radius 1 is 0.949 bits per heavy atom. The molecule has 1 fully saturated rings. The number of nitrogens with one attached hydrogen (secondary N) is 2. The third-order valence-corrected chi connectivity index (χ3v) is 7.52. The Kier molecular flexibility index (Phi) is 7.93. The van der Waals surface area contributed by atoms with E-state index in [1.54, 1.807) is 0 Å². The third kappa shape index (κ3) is 6.29. The molecule has 0 saturated heterocycles. The molecule has 3 N–H and O–H groups in total. The van der Waals surface area contributed by atoms with Crippen LogP contribution in [0.25, 0.3) is 11.1 Å². The van der Waals surface area contributed by atoms with Crippen molar-refractivity contribution < 1.29 is 24.2 Å². The molecule has 0 heterocycles. The van der Waals surface area contributed by atoms with Crippen LogP contribution in [0, 0.1) is 11.8 Å². The number of carbonyl (C=O) groups is 3. The van der Waals surface area contributed by atoms with Gasteiger partial charge in [-0.1, -0.05) is 78.9 Å². The van der Waals surface area contributed by atoms with Gasteiger partial charge in [0.05, 0.1) is 0 Å². The maximum Gasteiger partial charge on any atom is 0.407 e. The van der Waals surface area contributed by atoms with Crippen molar-refractivity contribution in [3.63, 3.8) is 0 Å². The molecule has 39 heavy (non-hydrogen) atoms. The van der Waals surface area contributed by atoms with Gasteiger partial charge in [0.25, 0.3) is 0 Å². The maximum absolute atomic E-state index is 12.7. The van der Waals surface area contributed by atoms with E-state index in [4.69, 9.17) is 4.74 Å². The van der Waals surface area contributed by atoms with Crippen molar-refractivity contribution >= 4 is 18.0 Å². The normalized spacial score (nSPS) is 18.1. The number of aliphatic carboxylic acids is 1. The van der Waals surface area contributed by atoms with E-state index in [-0.39, 0.29) is 36.8 Å². The zero-order valence-electron chi connectivity index (χ0n) is 21.9. The quantitative estimate of drug-likeness (QED) is 0.350. The molecule has 8 heteroatoms. The summed E-state index contributed by atoms with van der Waals surface area (Å²) in [6.45, 7) is 1.30. The second kappa shape index (κ2) is 11.7. The molecule has 0 aromatic heterocycles. The monoisotopic (exact) mass is 527 g/mol. The Balaban J connectivity index is 1.06. The lowest BCUT2D eigenvalue weighted by Crippen LogP contribution is -2.48. The van der Waals surface area contributed by atoms with Gasteiger partial charge >= 0.3 is 12.1 Å². The van der Waals surface area contributed by atoms with Crippen LogP contribution in [0.1, 0.15) is 29.0 Å². The summed E-state index contributed by atoms with van der Waals surface area (Å²) in [5.41, 5.74) is 5.69. The van der Waals surface area contributed by atoms with Gasteiger partial charge in [-0.05, 0) is 47.2 Å². The van der Waals surface area contributed by atoms with Crippen LogP contribution in [0.4, 0.5) is 4.79 Å². The van der Waals surface area contributed by atoms with Crippen molar-refractivity contribution in [1.29, 1.82) is 0 Å². The molecular formula is C31H33N3O5. The van der Waals surface area contributed by atoms with Crippen molar-refractivity contribution in [3.05, 3.63) is 95.6 Å². The number of hydrogen-bond donors (Lipinski definition) is 3. The fraction of sp³-hybridized carbons (Fsp3) is 0.323. The summed E-state index contributed by atoms with van der Waals surface area (Å²) >= 11 is 0. The average molecular weight is 528 g/mol. The van der Waals surface area contributed by atoms with Crippen molar-refractivity contribution in [2.45, 2.75) is 24.9 Å². The second-order valence-electron chi connectivity index (χ2n) is 10.4. The number of amides is 2. The smallest absolute Gasteiger partial charge is 0.407 e. The Bertz CT molecular complexity index is 1300. The molecule has 0 bridgehead atoms. The highest BCUT2D eigenvalue weighted by Crippen LogP contribution is 2.44. The van der Waals surface area contributed by atoms with Gasteiger partial charge in [0, 0.05) is 31.5 Å². The maximum atomic E-state index is 12.7. The van der Waals surface area contributed by atoms with Gasteiger partial charge in [-0.25, -0.2) is 9.59 Å². The Hall–Kier alpha value is -4.17. The summed E-state index contributed by atoms with van der Waals surface area (Å²) in [6.07, 6.45) is 0.0793. The summed E-state index contributed by atoms with van der Waals surface area (Å²) in [4.78, 5) is 38.8. The van der Waals surface area contributed by atoms with Crippen molar-refractivity contribution in [1.82, 2.24) is 15.5 Å². The van der Waals surface area contributed by atoms with E-state index >= 15 is 0 Å². The first-order valence-corrected chi connectivity index (χ1v) is 13.2. The summed E-state index contributed by atoms with van der Waals surface area (Å²) in [6, 6.07) is 25.0. The Labute approximate surface area is 228 Å². The molecule has 8 nitrogen and oxygen atoms in total. The van der Waals surface area contributed by atoms with E-state index in [0.29, 0.717) is 19.5 Å². The lowest BCUT2D eigenvalue weighted by atomic mass is 9.98. The highest BCUT2D eigenvalue weighted by molar-refractivity contribution is 5.87. The van der Waals surface area contributed by atoms with E-state index in [1.165, 1.54) is 11.1 Å². The molecule has 5 rings (SSSR count). The van der Waals surface area contributed by atoms with E-state index in [9.17, 15) is 19.5 Å². The van der Waals surface area contributed by atoms with Crippen LogP contribution < -0.4 is 10.6 Å². The van der Waals surface area contributed by atoms with Gasteiger partial charge in [0.1, 0.15) is 12.6 Å². The predicted molar refractivity (Wildman–Crippen MR) is 147 cm³/mol. The molecule has 1 saturated carbocycles. The zero-order chi connectivity index (χ0) is 27.4. The number of benzene rings is 3. The van der Waals surface area contributed by atoms with Crippen LogP contribution in [-0.2, 0) is 20.9 Å². The van der Waals surface area contributed by atoms with Gasteiger partial charge in [-0.15, -0.1) is 0 Å². The lowest BCUT2D eigenvalue weighted by Gasteiger charge is -2.22. The number of hydrogen-bond acceptors (Lipinski definition) is 5. The van der Waals surface area contributed by atoms with E-state index in [0.717, 1.165) is 16.7 Å². The van der Waals surface area contributed by atoms with E-state index in [2.05, 4.69) is 34.9 Å². The lowest BCUT2D eigenvalue weighted by molar-refractivity contribution is -0.142. The molecule has 202 valence electrons. The molecule has 2 amide bonds. The highest BCUT2D eigenvalue weighted by Gasteiger charge is 2.44. The number of carboxylic acids is 1. The minimum absolute atomic E-state index is 0.0180. The molecule has 3 aromatic carbocycles.